The van der Waals surface area contributed by atoms with Crippen LogP contribution in [0.3, 0.4) is 0 Å². The van der Waals surface area contributed by atoms with E-state index in [1.165, 1.54) is 0 Å². The van der Waals surface area contributed by atoms with Crippen LogP contribution in [-0.4, -0.2) is 51.1 Å². The van der Waals surface area contributed by atoms with Gasteiger partial charge >= 0.3 is 0 Å². The van der Waals surface area contributed by atoms with E-state index in [-0.39, 0.29) is 6.61 Å². The number of methoxy groups -OCH3 is 1. The molecule has 0 atom stereocenters. The first-order valence-corrected chi connectivity index (χ1v) is 8.08. The van der Waals surface area contributed by atoms with Crippen LogP contribution in [0.15, 0.2) is 29.3 Å². The van der Waals surface area contributed by atoms with Gasteiger partial charge in [0.2, 0.25) is 0 Å². The highest BCUT2D eigenvalue weighted by molar-refractivity contribution is 5.79. The standard InChI is InChI=1S/C17H29N3O3/c1-3-18-17(19-9-6-10-23-12-11-22-2)20-13-15-7-4-5-8-16(15)14-21/h4-5,7-8,21H,3,6,9-14H2,1-2H3,(H2,18,19,20). The molecule has 1 aromatic rings. The molecule has 130 valence electrons. The molecule has 23 heavy (non-hydrogen) atoms. The van der Waals surface area contributed by atoms with Gasteiger partial charge in [0.25, 0.3) is 0 Å². The fourth-order valence-corrected chi connectivity index (χ4v) is 2.00. The van der Waals surface area contributed by atoms with Gasteiger partial charge in [-0.2, -0.15) is 0 Å². The first kappa shape index (κ1) is 19.4. The fourth-order valence-electron chi connectivity index (χ4n) is 2.00. The number of nitrogens with one attached hydrogen (secondary N) is 2. The van der Waals surface area contributed by atoms with Gasteiger partial charge in [0, 0.05) is 26.8 Å². The van der Waals surface area contributed by atoms with Crippen molar-refractivity contribution in [2.75, 3.05) is 40.0 Å². The Balaban J connectivity index is 2.38. The Bertz CT molecular complexity index is 452. The highest BCUT2D eigenvalue weighted by Crippen LogP contribution is 2.09. The lowest BCUT2D eigenvalue weighted by molar-refractivity contribution is 0.0698. The van der Waals surface area contributed by atoms with Crippen LogP contribution in [0.25, 0.3) is 0 Å². The molecule has 0 aromatic heterocycles. The van der Waals surface area contributed by atoms with Gasteiger partial charge in [-0.25, -0.2) is 4.99 Å². The Hall–Kier alpha value is -1.63. The number of nitrogens with zero attached hydrogens (tertiary/aromatic N) is 1. The second-order valence-electron chi connectivity index (χ2n) is 5.01. The molecule has 0 aliphatic heterocycles. The van der Waals surface area contributed by atoms with E-state index in [4.69, 9.17) is 9.47 Å². The average Bonchev–Trinajstić information content (AvgIpc) is 2.59. The van der Waals surface area contributed by atoms with Gasteiger partial charge in [-0.05, 0) is 24.5 Å². The van der Waals surface area contributed by atoms with Crippen molar-refractivity contribution in [2.45, 2.75) is 26.5 Å². The van der Waals surface area contributed by atoms with Gasteiger partial charge in [-0.1, -0.05) is 24.3 Å². The fraction of sp³-hybridized carbons (Fsp3) is 0.588. The van der Waals surface area contributed by atoms with E-state index in [0.29, 0.717) is 26.4 Å². The molecule has 0 unspecified atom stereocenters. The Morgan fingerprint density at radius 3 is 2.61 bits per heavy atom. The largest absolute Gasteiger partial charge is 0.392 e. The van der Waals surface area contributed by atoms with E-state index in [9.17, 15) is 5.11 Å². The quantitative estimate of drug-likeness (QED) is 0.325. The van der Waals surface area contributed by atoms with E-state index < -0.39 is 0 Å². The highest BCUT2D eigenvalue weighted by atomic mass is 16.5. The number of hydrogen-bond donors (Lipinski definition) is 3. The Labute approximate surface area is 138 Å². The van der Waals surface area contributed by atoms with Gasteiger partial charge in [0.05, 0.1) is 26.4 Å². The van der Waals surface area contributed by atoms with Crippen molar-refractivity contribution < 1.29 is 14.6 Å². The lowest BCUT2D eigenvalue weighted by atomic mass is 10.1. The van der Waals surface area contributed by atoms with Crippen molar-refractivity contribution in [3.8, 4) is 0 Å². The number of aliphatic hydroxyl groups excluding tert-OH is 1. The van der Waals surface area contributed by atoms with Crippen molar-refractivity contribution in [3.05, 3.63) is 35.4 Å². The normalized spacial score (nSPS) is 11.5. The molecular weight excluding hydrogens is 294 g/mol. The smallest absolute Gasteiger partial charge is 0.191 e. The maximum atomic E-state index is 9.35. The predicted octanol–water partition coefficient (Wildman–Crippen LogP) is 1.29. The summed E-state index contributed by atoms with van der Waals surface area (Å²) in [7, 11) is 1.67. The summed E-state index contributed by atoms with van der Waals surface area (Å²) in [6, 6.07) is 7.79. The maximum absolute atomic E-state index is 9.35. The van der Waals surface area contributed by atoms with Gasteiger partial charge in [0.1, 0.15) is 0 Å². The SMILES string of the molecule is CCNC(=NCc1ccccc1CO)NCCCOCCOC. The summed E-state index contributed by atoms with van der Waals surface area (Å²) >= 11 is 0. The van der Waals surface area contributed by atoms with Crippen molar-refractivity contribution >= 4 is 5.96 Å². The maximum Gasteiger partial charge on any atom is 0.191 e. The van der Waals surface area contributed by atoms with E-state index in [1.807, 2.05) is 31.2 Å². The van der Waals surface area contributed by atoms with Crippen molar-refractivity contribution in [3.63, 3.8) is 0 Å². The topological polar surface area (TPSA) is 75.1 Å². The number of hydrogen-bond acceptors (Lipinski definition) is 4. The second kappa shape index (κ2) is 12.9. The van der Waals surface area contributed by atoms with Gasteiger partial charge in [-0.3, -0.25) is 0 Å². The predicted molar refractivity (Wildman–Crippen MR) is 92.5 cm³/mol. The van der Waals surface area contributed by atoms with Crippen molar-refractivity contribution in [2.24, 2.45) is 4.99 Å². The summed E-state index contributed by atoms with van der Waals surface area (Å²) in [5, 5.41) is 15.8. The summed E-state index contributed by atoms with van der Waals surface area (Å²) in [6.45, 7) is 6.16. The van der Waals surface area contributed by atoms with Gasteiger partial charge in [-0.15, -0.1) is 0 Å². The molecule has 0 amide bonds. The Kier molecular flexibility index (Phi) is 10.9. The molecule has 0 spiro atoms. The minimum absolute atomic E-state index is 0.0362. The molecule has 0 radical (unpaired) electrons. The minimum atomic E-state index is 0.0362. The zero-order valence-electron chi connectivity index (χ0n) is 14.2. The molecule has 0 heterocycles. The summed E-state index contributed by atoms with van der Waals surface area (Å²) < 4.78 is 10.3. The zero-order valence-corrected chi connectivity index (χ0v) is 14.2. The third-order valence-corrected chi connectivity index (χ3v) is 3.23. The summed E-state index contributed by atoms with van der Waals surface area (Å²) in [4.78, 5) is 4.56. The molecule has 0 saturated carbocycles. The molecule has 1 aromatic carbocycles. The van der Waals surface area contributed by atoms with E-state index >= 15 is 0 Å². The molecule has 0 aliphatic carbocycles. The van der Waals surface area contributed by atoms with Crippen molar-refractivity contribution in [1.29, 1.82) is 0 Å². The number of guanidine groups is 1. The average molecular weight is 323 g/mol. The van der Waals surface area contributed by atoms with Crippen LogP contribution >= 0.6 is 0 Å². The van der Waals surface area contributed by atoms with Crippen LogP contribution in [0.2, 0.25) is 0 Å². The van der Waals surface area contributed by atoms with Crippen LogP contribution in [0, 0.1) is 0 Å². The third kappa shape index (κ3) is 8.54. The van der Waals surface area contributed by atoms with E-state index in [1.54, 1.807) is 7.11 Å². The molecule has 1 rings (SSSR count). The van der Waals surface area contributed by atoms with Crippen LogP contribution < -0.4 is 10.6 Å². The molecule has 0 fully saturated rings. The molecule has 0 bridgehead atoms. The summed E-state index contributed by atoms with van der Waals surface area (Å²) in [6.07, 6.45) is 0.904. The summed E-state index contributed by atoms with van der Waals surface area (Å²) in [5.74, 6) is 0.775. The number of ether oxygens (including phenoxy) is 2. The number of aliphatic imine (C=N–C) groups is 1. The highest BCUT2D eigenvalue weighted by Gasteiger charge is 2.01. The lowest BCUT2D eigenvalue weighted by Gasteiger charge is -2.12. The Morgan fingerprint density at radius 1 is 1.13 bits per heavy atom. The molecule has 6 heteroatoms. The number of rotatable bonds is 11. The van der Waals surface area contributed by atoms with Gasteiger partial charge < -0.3 is 25.2 Å². The Morgan fingerprint density at radius 2 is 1.91 bits per heavy atom. The minimum Gasteiger partial charge on any atom is -0.392 e. The number of aliphatic hydroxyl groups is 1. The molecule has 6 nitrogen and oxygen atoms in total. The van der Waals surface area contributed by atoms with Crippen LogP contribution in [0.5, 0.6) is 0 Å². The second-order valence-corrected chi connectivity index (χ2v) is 5.01. The number of benzene rings is 1. The molecule has 3 N–H and O–H groups in total. The molecule has 0 saturated heterocycles. The van der Waals surface area contributed by atoms with Gasteiger partial charge in [0.15, 0.2) is 5.96 Å². The first-order valence-electron chi connectivity index (χ1n) is 8.08. The summed E-state index contributed by atoms with van der Waals surface area (Å²) in [5.41, 5.74) is 1.95. The van der Waals surface area contributed by atoms with E-state index in [0.717, 1.165) is 36.6 Å². The van der Waals surface area contributed by atoms with Crippen LogP contribution in [0.4, 0.5) is 0 Å². The third-order valence-electron chi connectivity index (χ3n) is 3.23. The monoisotopic (exact) mass is 323 g/mol. The van der Waals surface area contributed by atoms with Crippen molar-refractivity contribution in [1.82, 2.24) is 10.6 Å². The van der Waals surface area contributed by atoms with E-state index in [2.05, 4.69) is 15.6 Å². The zero-order chi connectivity index (χ0) is 16.8. The molecular formula is C17H29N3O3. The lowest BCUT2D eigenvalue weighted by Crippen LogP contribution is -2.38. The molecule has 0 aliphatic rings. The van der Waals surface area contributed by atoms with Crippen LogP contribution in [0.1, 0.15) is 24.5 Å². The first-order chi connectivity index (χ1) is 11.3. The van der Waals surface area contributed by atoms with Crippen LogP contribution in [-0.2, 0) is 22.6 Å².